The predicted molar refractivity (Wildman–Crippen MR) is 112 cm³/mol. The van der Waals surface area contributed by atoms with Gasteiger partial charge in [0.05, 0.1) is 0 Å². The Morgan fingerprint density at radius 1 is 1.04 bits per heavy atom. The van der Waals surface area contributed by atoms with Gasteiger partial charge in [0, 0.05) is 5.70 Å². The fraction of sp³-hybridized carbons (Fsp3) is 0. The third kappa shape index (κ3) is 4.97. The molecule has 3 heterocycles. The van der Waals surface area contributed by atoms with E-state index in [1.165, 1.54) is 11.0 Å². The zero-order valence-electron chi connectivity index (χ0n) is 13.2. The van der Waals surface area contributed by atoms with Crippen LogP contribution in [0.25, 0.3) is 12.2 Å². The van der Waals surface area contributed by atoms with Crippen molar-refractivity contribution < 1.29 is 11.0 Å². The maximum absolute atomic E-state index is 5.75. The average Bonchev–Trinajstić information content (AvgIpc) is 3.32. The third-order valence-electron chi connectivity index (χ3n) is 3.39. The van der Waals surface area contributed by atoms with E-state index >= 15 is 0 Å². The molecule has 0 amide bonds. The van der Waals surface area contributed by atoms with E-state index < -0.39 is 0 Å². The van der Waals surface area contributed by atoms with Crippen LogP contribution in [0.15, 0.2) is 82.2 Å². The molecular formula is C19H16CoIN4. The third-order valence-corrected chi connectivity index (χ3v) is 4.67. The van der Waals surface area contributed by atoms with Crippen LogP contribution in [0.5, 0.6) is 0 Å². The van der Waals surface area contributed by atoms with Crippen molar-refractivity contribution in [1.29, 1.82) is 0 Å². The van der Waals surface area contributed by atoms with Gasteiger partial charge in [0.25, 0.3) is 0 Å². The summed E-state index contributed by atoms with van der Waals surface area (Å²) >= 11 is 3.48. The molecule has 0 fully saturated rings. The summed E-state index contributed by atoms with van der Waals surface area (Å²) in [4.78, 5) is 14.5. The van der Waals surface area contributed by atoms with Gasteiger partial charge in [-0.25, -0.2) is 0 Å². The van der Waals surface area contributed by atoms with Gasteiger partial charge in [-0.3, -0.25) is 0 Å². The van der Waals surface area contributed by atoms with E-state index in [2.05, 4.69) is 46.9 Å². The van der Waals surface area contributed by atoms with Crippen molar-refractivity contribution >= 4 is 48.9 Å². The normalized spacial score (nSPS) is 20.8. The summed E-state index contributed by atoms with van der Waals surface area (Å²) in [5.74, 6) is 0. The van der Waals surface area contributed by atoms with E-state index in [1.807, 2.05) is 54.7 Å². The molecule has 3 rings (SSSR count). The van der Waals surface area contributed by atoms with Crippen molar-refractivity contribution in [2.75, 3.05) is 0 Å². The number of aromatic nitrogens is 1. The molecule has 0 radical (unpaired) electrons. The van der Waals surface area contributed by atoms with Crippen LogP contribution in [0.2, 0.25) is 0 Å². The fourth-order valence-electron chi connectivity index (χ4n) is 2.27. The number of nitrogens with one attached hydrogen (secondary N) is 1. The number of nitrogens with two attached hydrogens (primary N) is 1. The van der Waals surface area contributed by atoms with Gasteiger partial charge < -0.3 is 5.73 Å². The van der Waals surface area contributed by atoms with Crippen LogP contribution in [-0.4, -0.2) is 21.4 Å². The SMILES string of the molecule is C=CC(N)=Cc1ccc(C=C2C=CC(C=C3C=CC([CH]=[Co][I])=N3)=N2)[nH]1. The average molecular weight is 486 g/mol. The molecule has 0 spiro atoms. The number of H-pyrrole nitrogens is 1. The van der Waals surface area contributed by atoms with Crippen LogP contribution >= 0.6 is 20.4 Å². The van der Waals surface area contributed by atoms with Crippen molar-refractivity contribution in [3.8, 4) is 0 Å². The van der Waals surface area contributed by atoms with Crippen molar-refractivity contribution in [3.63, 3.8) is 0 Å². The van der Waals surface area contributed by atoms with Gasteiger partial charge in [-0.1, -0.05) is 6.58 Å². The molecule has 128 valence electrons. The molecule has 0 aromatic carbocycles. The number of hydrogen-bond acceptors (Lipinski definition) is 3. The van der Waals surface area contributed by atoms with Crippen molar-refractivity contribution in [2.45, 2.75) is 0 Å². The molecule has 1 aromatic rings. The molecule has 2 aliphatic rings. The van der Waals surface area contributed by atoms with Crippen LogP contribution in [0.1, 0.15) is 11.4 Å². The van der Waals surface area contributed by atoms with Crippen LogP contribution in [0.3, 0.4) is 0 Å². The number of nitrogens with zero attached hydrogens (tertiary/aromatic N) is 2. The first-order valence-corrected chi connectivity index (χ1v) is 11.4. The van der Waals surface area contributed by atoms with E-state index in [-0.39, 0.29) is 0 Å². The summed E-state index contributed by atoms with van der Waals surface area (Å²) < 4.78 is 0. The van der Waals surface area contributed by atoms with Crippen molar-refractivity contribution in [2.24, 2.45) is 15.7 Å². The topological polar surface area (TPSA) is 66.5 Å². The summed E-state index contributed by atoms with van der Waals surface area (Å²) in [6, 6.07) is 3.96. The molecule has 0 saturated heterocycles. The van der Waals surface area contributed by atoms with E-state index in [0.29, 0.717) is 5.70 Å². The van der Waals surface area contributed by atoms with Gasteiger partial charge in [0.2, 0.25) is 0 Å². The van der Waals surface area contributed by atoms with Gasteiger partial charge in [-0.15, -0.1) is 0 Å². The number of aliphatic imine (C=N–C) groups is 2. The molecule has 2 aliphatic heterocycles. The first kappa shape index (κ1) is 17.8. The molecule has 0 bridgehead atoms. The van der Waals surface area contributed by atoms with Gasteiger partial charge in [-0.2, -0.15) is 0 Å². The Kier molecular flexibility index (Phi) is 5.95. The van der Waals surface area contributed by atoms with Crippen molar-refractivity contribution in [1.82, 2.24) is 4.98 Å². The number of aromatic amines is 1. The van der Waals surface area contributed by atoms with Gasteiger partial charge >= 0.3 is 134 Å². The minimum atomic E-state index is 0.623. The van der Waals surface area contributed by atoms with E-state index in [1.54, 1.807) is 6.08 Å². The molecule has 0 saturated carbocycles. The maximum atomic E-state index is 5.75. The Morgan fingerprint density at radius 3 is 2.48 bits per heavy atom. The number of rotatable bonds is 5. The number of allylic oxidation sites excluding steroid dienone is 6. The Bertz CT molecular complexity index is 936. The molecule has 3 N–H and O–H groups in total. The molecule has 0 unspecified atom stereocenters. The van der Waals surface area contributed by atoms with E-state index in [0.717, 1.165) is 34.2 Å². The van der Waals surface area contributed by atoms with E-state index in [4.69, 9.17) is 5.73 Å². The summed E-state index contributed by atoms with van der Waals surface area (Å²) in [7, 11) is 0. The number of hydrogen-bond donors (Lipinski definition) is 2. The fourth-order valence-corrected chi connectivity index (χ4v) is 3.43. The van der Waals surface area contributed by atoms with Crippen LogP contribution in [0, 0.1) is 0 Å². The number of halogens is 1. The second-order valence-corrected chi connectivity index (χ2v) is 7.50. The summed E-state index contributed by atoms with van der Waals surface area (Å²) in [5, 5.41) is 0. The standard InChI is InChI=1S/C19H16N4.Co.HI/c1-3-14(20)10-15-6-7-18(22-15)12-19-9-8-17(23-19)11-16-5-4-13(2)21-16;;/h2-12,22H,1,20H2;;1H/q;+1;/p-1. The van der Waals surface area contributed by atoms with Crippen LogP contribution in [-0.2, 0) is 11.0 Å². The first-order valence-electron chi connectivity index (χ1n) is 7.45. The molecular weight excluding hydrogens is 470 g/mol. The molecule has 0 atom stereocenters. The summed E-state index contributed by atoms with van der Waals surface area (Å²) in [6.07, 6.45) is 15.4. The van der Waals surface area contributed by atoms with Gasteiger partial charge in [0.1, 0.15) is 0 Å². The van der Waals surface area contributed by atoms with Gasteiger partial charge in [0.15, 0.2) is 0 Å². The Morgan fingerprint density at radius 2 is 1.72 bits per heavy atom. The zero-order valence-corrected chi connectivity index (χ0v) is 16.4. The second-order valence-electron chi connectivity index (χ2n) is 5.26. The summed E-state index contributed by atoms with van der Waals surface area (Å²) in [5.41, 5.74) is 12.0. The first-order chi connectivity index (χ1) is 12.2. The molecule has 1 aromatic heterocycles. The quantitative estimate of drug-likeness (QED) is 0.480. The monoisotopic (exact) mass is 486 g/mol. The predicted octanol–water partition coefficient (Wildman–Crippen LogP) is 3.98. The Labute approximate surface area is 163 Å². The summed E-state index contributed by atoms with van der Waals surface area (Å²) in [6.45, 7) is 3.64. The van der Waals surface area contributed by atoms with E-state index in [9.17, 15) is 0 Å². The van der Waals surface area contributed by atoms with Gasteiger partial charge in [-0.05, 0) is 12.2 Å². The Hall–Kier alpha value is -2.03. The second kappa shape index (κ2) is 8.37. The van der Waals surface area contributed by atoms with Crippen LogP contribution in [0.4, 0.5) is 0 Å². The zero-order chi connectivity index (χ0) is 17.6. The molecule has 25 heavy (non-hydrogen) atoms. The van der Waals surface area contributed by atoms with Crippen LogP contribution < -0.4 is 5.73 Å². The molecule has 4 nitrogen and oxygen atoms in total. The molecule has 0 aliphatic carbocycles. The van der Waals surface area contributed by atoms with Crippen molar-refractivity contribution in [3.05, 3.63) is 83.6 Å². The molecule has 6 heteroatoms. The minimum absolute atomic E-state index is 0.623. The Balaban J connectivity index is 1.74.